The van der Waals surface area contributed by atoms with E-state index in [4.69, 9.17) is 0 Å². The zero-order chi connectivity index (χ0) is 8.55. The van der Waals surface area contributed by atoms with Gasteiger partial charge in [0.15, 0.2) is 0 Å². The summed E-state index contributed by atoms with van der Waals surface area (Å²) >= 11 is 0. The van der Waals surface area contributed by atoms with Gasteiger partial charge < -0.3 is 4.90 Å². The molecule has 12 heavy (non-hydrogen) atoms. The van der Waals surface area contributed by atoms with Crippen LogP contribution < -0.4 is 0 Å². The smallest absolute Gasteiger partial charge is 0.0126 e. The largest absolute Gasteiger partial charge is 0.301 e. The summed E-state index contributed by atoms with van der Waals surface area (Å²) in [7, 11) is 0. The lowest BCUT2D eigenvalue weighted by atomic mass is 9.94. The van der Waals surface area contributed by atoms with E-state index in [-0.39, 0.29) is 0 Å². The molecule has 0 N–H and O–H groups in total. The van der Waals surface area contributed by atoms with Crippen molar-refractivity contribution in [2.24, 2.45) is 11.8 Å². The van der Waals surface area contributed by atoms with Crippen molar-refractivity contribution in [2.45, 2.75) is 45.6 Å². The molecule has 2 aliphatic carbocycles. The van der Waals surface area contributed by atoms with Crippen LogP contribution in [0.3, 0.4) is 0 Å². The van der Waals surface area contributed by atoms with Crippen LogP contribution in [0.1, 0.15) is 39.5 Å². The van der Waals surface area contributed by atoms with Crippen molar-refractivity contribution in [3.8, 4) is 0 Å². The average molecular weight is 167 g/mol. The van der Waals surface area contributed by atoms with Gasteiger partial charge in [-0.2, -0.15) is 0 Å². The van der Waals surface area contributed by atoms with Crippen LogP contribution in [0.5, 0.6) is 0 Å². The number of hydrogen-bond donors (Lipinski definition) is 0. The minimum Gasteiger partial charge on any atom is -0.301 e. The van der Waals surface area contributed by atoms with Gasteiger partial charge in [-0.25, -0.2) is 0 Å². The predicted octanol–water partition coefficient (Wildman–Crippen LogP) is 2.52. The van der Waals surface area contributed by atoms with Gasteiger partial charge in [-0.15, -0.1) is 0 Å². The van der Waals surface area contributed by atoms with E-state index in [0.29, 0.717) is 0 Å². The monoisotopic (exact) mass is 167 g/mol. The first kappa shape index (κ1) is 8.55. The molecule has 2 saturated carbocycles. The first-order valence-electron chi connectivity index (χ1n) is 5.59. The van der Waals surface area contributed by atoms with Crippen molar-refractivity contribution < 1.29 is 0 Å². The van der Waals surface area contributed by atoms with E-state index in [9.17, 15) is 0 Å². The summed E-state index contributed by atoms with van der Waals surface area (Å²) in [4.78, 5) is 2.67. The van der Waals surface area contributed by atoms with Gasteiger partial charge in [-0.05, 0) is 44.2 Å². The molecule has 0 radical (unpaired) electrons. The summed E-state index contributed by atoms with van der Waals surface area (Å²) in [6.45, 7) is 7.11. The summed E-state index contributed by atoms with van der Waals surface area (Å²) in [6.07, 6.45) is 6.10. The van der Waals surface area contributed by atoms with Crippen molar-refractivity contribution in [3.63, 3.8) is 0 Å². The topological polar surface area (TPSA) is 3.24 Å². The predicted molar refractivity (Wildman–Crippen MR) is 52.2 cm³/mol. The van der Waals surface area contributed by atoms with Gasteiger partial charge in [0.25, 0.3) is 0 Å². The van der Waals surface area contributed by atoms with Gasteiger partial charge in [0.1, 0.15) is 0 Å². The van der Waals surface area contributed by atoms with Crippen LogP contribution in [0.4, 0.5) is 0 Å². The second-order valence-corrected chi connectivity index (χ2v) is 4.46. The average Bonchev–Trinajstić information content (AvgIpc) is 2.67. The summed E-state index contributed by atoms with van der Waals surface area (Å²) in [5, 5.41) is 0. The molecule has 2 bridgehead atoms. The molecule has 0 aromatic rings. The number of nitrogens with zero attached hydrogens (tertiary/aromatic N) is 1. The molecule has 2 fully saturated rings. The molecule has 0 unspecified atom stereocenters. The first-order valence-corrected chi connectivity index (χ1v) is 5.59. The van der Waals surface area contributed by atoms with E-state index in [0.717, 1.165) is 17.9 Å². The molecule has 0 saturated heterocycles. The fourth-order valence-electron chi connectivity index (χ4n) is 3.35. The van der Waals surface area contributed by atoms with Crippen molar-refractivity contribution in [1.82, 2.24) is 4.90 Å². The maximum absolute atomic E-state index is 2.67. The van der Waals surface area contributed by atoms with Crippen molar-refractivity contribution in [2.75, 3.05) is 13.1 Å². The number of fused-ring (bicyclic) bond motifs is 2. The van der Waals surface area contributed by atoms with E-state index in [1.165, 1.54) is 32.4 Å². The molecule has 2 aliphatic rings. The normalized spacial score (nSPS) is 39.8. The Kier molecular flexibility index (Phi) is 2.40. The highest BCUT2D eigenvalue weighted by atomic mass is 15.2. The van der Waals surface area contributed by atoms with E-state index < -0.39 is 0 Å². The highest BCUT2D eigenvalue weighted by Gasteiger charge is 2.41. The maximum atomic E-state index is 2.67. The van der Waals surface area contributed by atoms with Gasteiger partial charge in [0.2, 0.25) is 0 Å². The molecule has 0 amide bonds. The minimum atomic E-state index is 0.957. The first-order chi connectivity index (χ1) is 5.85. The lowest BCUT2D eigenvalue weighted by Gasteiger charge is -2.32. The van der Waals surface area contributed by atoms with Crippen LogP contribution in [0.2, 0.25) is 0 Å². The second-order valence-electron chi connectivity index (χ2n) is 4.46. The number of hydrogen-bond acceptors (Lipinski definition) is 1. The van der Waals surface area contributed by atoms with Gasteiger partial charge >= 0.3 is 0 Å². The Morgan fingerprint density at radius 1 is 1.08 bits per heavy atom. The fourth-order valence-corrected chi connectivity index (χ4v) is 3.35. The molecule has 0 aromatic carbocycles. The molecule has 0 heterocycles. The van der Waals surface area contributed by atoms with E-state index in [1.54, 1.807) is 6.42 Å². The van der Waals surface area contributed by atoms with E-state index in [1.807, 2.05) is 0 Å². The molecule has 1 nitrogen and oxygen atoms in total. The van der Waals surface area contributed by atoms with Crippen LogP contribution in [-0.4, -0.2) is 24.0 Å². The zero-order valence-electron chi connectivity index (χ0n) is 8.42. The third-order valence-electron chi connectivity index (χ3n) is 3.98. The minimum absolute atomic E-state index is 0.957. The lowest BCUT2D eigenvalue weighted by molar-refractivity contribution is 0.157. The van der Waals surface area contributed by atoms with Gasteiger partial charge in [0.05, 0.1) is 0 Å². The molecular weight excluding hydrogens is 146 g/mol. The van der Waals surface area contributed by atoms with Gasteiger partial charge in [-0.1, -0.05) is 20.3 Å². The van der Waals surface area contributed by atoms with E-state index >= 15 is 0 Å². The Balaban J connectivity index is 1.96. The molecule has 3 atom stereocenters. The second kappa shape index (κ2) is 3.37. The van der Waals surface area contributed by atoms with Crippen molar-refractivity contribution >= 4 is 0 Å². The molecule has 1 heteroatoms. The summed E-state index contributed by atoms with van der Waals surface area (Å²) in [5.41, 5.74) is 0. The quantitative estimate of drug-likeness (QED) is 0.624. The molecule has 2 rings (SSSR count). The summed E-state index contributed by atoms with van der Waals surface area (Å²) in [6, 6.07) is 0.957. The van der Waals surface area contributed by atoms with Crippen LogP contribution in [0.25, 0.3) is 0 Å². The Morgan fingerprint density at radius 2 is 1.83 bits per heavy atom. The van der Waals surface area contributed by atoms with Crippen LogP contribution in [0.15, 0.2) is 0 Å². The van der Waals surface area contributed by atoms with Crippen LogP contribution in [0, 0.1) is 11.8 Å². The highest BCUT2D eigenvalue weighted by Crippen LogP contribution is 2.46. The highest BCUT2D eigenvalue weighted by molar-refractivity contribution is 4.94. The van der Waals surface area contributed by atoms with E-state index in [2.05, 4.69) is 18.7 Å². The maximum Gasteiger partial charge on any atom is 0.0126 e. The summed E-state index contributed by atoms with van der Waals surface area (Å²) in [5.74, 6) is 2.16. The SMILES string of the molecule is CCN(CC)[C@@H]1C[C@@H]2CC[C@@H]1C2. The molecule has 0 spiro atoms. The van der Waals surface area contributed by atoms with Crippen LogP contribution >= 0.6 is 0 Å². The third-order valence-corrected chi connectivity index (χ3v) is 3.98. The lowest BCUT2D eigenvalue weighted by Crippen LogP contribution is -2.38. The standard InChI is InChI=1S/C11H21N/c1-3-12(4-2)11-8-9-5-6-10(11)7-9/h9-11H,3-8H2,1-2H3/t9-,10-,11-/m1/s1. The van der Waals surface area contributed by atoms with Crippen LogP contribution in [-0.2, 0) is 0 Å². The molecule has 70 valence electrons. The van der Waals surface area contributed by atoms with Crippen molar-refractivity contribution in [3.05, 3.63) is 0 Å². The Labute approximate surface area is 76.1 Å². The Bertz CT molecular complexity index is 151. The van der Waals surface area contributed by atoms with Crippen molar-refractivity contribution in [1.29, 1.82) is 0 Å². The Morgan fingerprint density at radius 3 is 2.25 bits per heavy atom. The molecular formula is C11H21N. The third kappa shape index (κ3) is 1.28. The van der Waals surface area contributed by atoms with Gasteiger partial charge in [-0.3, -0.25) is 0 Å². The summed E-state index contributed by atoms with van der Waals surface area (Å²) < 4.78 is 0. The van der Waals surface area contributed by atoms with Gasteiger partial charge in [0, 0.05) is 6.04 Å². The Hall–Kier alpha value is -0.0400. The fraction of sp³-hybridized carbons (Fsp3) is 1.00. The zero-order valence-corrected chi connectivity index (χ0v) is 8.42. The number of rotatable bonds is 3. The molecule has 0 aromatic heterocycles. The molecule has 0 aliphatic heterocycles.